The number of amidine groups is 1. The van der Waals surface area contributed by atoms with E-state index in [4.69, 9.17) is 10.5 Å². The first-order valence-corrected chi connectivity index (χ1v) is 8.81. The molecule has 0 fully saturated rings. The van der Waals surface area contributed by atoms with E-state index in [1.165, 1.54) is 36.5 Å². The predicted molar refractivity (Wildman–Crippen MR) is 101 cm³/mol. The average Bonchev–Trinajstić information content (AvgIpc) is 3.10. The number of nitrogens with zero attached hydrogens (tertiary/aromatic N) is 2. The van der Waals surface area contributed by atoms with Gasteiger partial charge in [-0.05, 0) is 41.0 Å². The van der Waals surface area contributed by atoms with Gasteiger partial charge >= 0.3 is 6.36 Å². The predicted octanol–water partition coefficient (Wildman–Crippen LogP) is 4.37. The highest BCUT2D eigenvalue weighted by atomic mass is 19.4. The Kier molecular flexibility index (Phi) is 4.81. The molecule has 0 saturated heterocycles. The fourth-order valence-corrected chi connectivity index (χ4v) is 3.35. The Morgan fingerprint density at radius 3 is 2.37 bits per heavy atom. The Morgan fingerprint density at radius 2 is 1.73 bits per heavy atom. The van der Waals surface area contributed by atoms with Crippen molar-refractivity contribution in [2.75, 3.05) is 6.61 Å². The van der Waals surface area contributed by atoms with Crippen molar-refractivity contribution in [3.05, 3.63) is 83.9 Å². The molecule has 0 saturated carbocycles. The normalized spacial score (nSPS) is 18.6. The largest absolute Gasteiger partial charge is 0.573 e. The number of halogens is 4. The number of pyridine rings is 1. The Morgan fingerprint density at radius 1 is 0.967 bits per heavy atom. The molecule has 0 unspecified atom stereocenters. The quantitative estimate of drug-likeness (QED) is 0.640. The lowest BCUT2D eigenvalue weighted by Crippen LogP contribution is -2.27. The van der Waals surface area contributed by atoms with Gasteiger partial charge in [0.25, 0.3) is 6.02 Å². The number of aliphatic imine (C=N–C) groups is 1. The van der Waals surface area contributed by atoms with Crippen LogP contribution in [-0.2, 0) is 10.3 Å². The molecule has 2 N–H and O–H groups in total. The van der Waals surface area contributed by atoms with Crippen LogP contribution in [0, 0.1) is 5.82 Å². The van der Waals surface area contributed by atoms with Crippen LogP contribution in [0.15, 0.2) is 72.0 Å². The number of hydrogen-bond donors (Lipinski definition) is 1. The van der Waals surface area contributed by atoms with Gasteiger partial charge in [0.1, 0.15) is 18.2 Å². The van der Waals surface area contributed by atoms with Gasteiger partial charge in [-0.25, -0.2) is 9.38 Å². The van der Waals surface area contributed by atoms with E-state index in [0.29, 0.717) is 22.3 Å². The third-order valence-corrected chi connectivity index (χ3v) is 4.67. The highest BCUT2D eigenvalue weighted by Gasteiger charge is 2.40. The number of rotatable bonds is 4. The van der Waals surface area contributed by atoms with Gasteiger partial charge in [-0.2, -0.15) is 0 Å². The van der Waals surface area contributed by atoms with Crippen LogP contribution in [0.4, 0.5) is 17.6 Å². The SMILES string of the molecule is NC1=N[C@@](c2ccc(OC(F)(F)F)cc2)(c2cccc(-c3cncc(F)c3)c2)CO1. The van der Waals surface area contributed by atoms with E-state index in [1.54, 1.807) is 24.3 Å². The van der Waals surface area contributed by atoms with Crippen LogP contribution in [0.3, 0.4) is 0 Å². The summed E-state index contributed by atoms with van der Waals surface area (Å²) in [5.41, 5.74) is 7.19. The van der Waals surface area contributed by atoms with Crippen LogP contribution >= 0.6 is 0 Å². The molecule has 1 atom stereocenters. The second-order valence-electron chi connectivity index (χ2n) is 6.64. The van der Waals surface area contributed by atoms with Crippen molar-refractivity contribution in [2.45, 2.75) is 11.9 Å². The summed E-state index contributed by atoms with van der Waals surface area (Å²) < 4.78 is 60.3. The lowest BCUT2D eigenvalue weighted by molar-refractivity contribution is -0.274. The standard InChI is InChI=1S/C21H15F4N3O2/c22-17-9-14(10-27-11-17)13-2-1-3-16(8-13)20(12-29-19(26)28-20)15-4-6-18(7-5-15)30-21(23,24)25/h1-11H,12H2,(H2,26,28)/t20-/m0/s1. The summed E-state index contributed by atoms with van der Waals surface area (Å²) >= 11 is 0. The molecule has 1 aliphatic rings. The maximum atomic E-state index is 13.6. The summed E-state index contributed by atoms with van der Waals surface area (Å²) in [4.78, 5) is 8.30. The summed E-state index contributed by atoms with van der Waals surface area (Å²) in [5.74, 6) is -0.823. The van der Waals surface area contributed by atoms with Gasteiger partial charge in [0.05, 0.1) is 6.20 Å². The summed E-state index contributed by atoms with van der Waals surface area (Å²) in [6, 6.07) is 13.8. The second kappa shape index (κ2) is 7.33. The van der Waals surface area contributed by atoms with Gasteiger partial charge in [0, 0.05) is 11.8 Å². The Hall–Kier alpha value is -3.62. The summed E-state index contributed by atoms with van der Waals surface area (Å²) in [7, 11) is 0. The van der Waals surface area contributed by atoms with Crippen LogP contribution < -0.4 is 10.5 Å². The minimum absolute atomic E-state index is 0.0385. The Labute approximate surface area is 168 Å². The molecule has 0 spiro atoms. The van der Waals surface area contributed by atoms with Crippen LogP contribution in [0.25, 0.3) is 11.1 Å². The molecule has 0 aliphatic carbocycles. The second-order valence-corrected chi connectivity index (χ2v) is 6.64. The molecular weight excluding hydrogens is 402 g/mol. The van der Waals surface area contributed by atoms with Crippen LogP contribution in [0.5, 0.6) is 5.75 Å². The van der Waals surface area contributed by atoms with Crippen molar-refractivity contribution in [1.29, 1.82) is 0 Å². The molecule has 0 amide bonds. The molecule has 2 aromatic carbocycles. The molecule has 9 heteroatoms. The molecule has 0 bridgehead atoms. The lowest BCUT2D eigenvalue weighted by atomic mass is 9.83. The van der Waals surface area contributed by atoms with E-state index in [-0.39, 0.29) is 18.4 Å². The molecule has 3 aromatic rings. The van der Waals surface area contributed by atoms with E-state index in [9.17, 15) is 17.6 Å². The van der Waals surface area contributed by atoms with Gasteiger partial charge in [-0.3, -0.25) is 4.98 Å². The number of nitrogens with two attached hydrogens (primary N) is 1. The van der Waals surface area contributed by atoms with Gasteiger partial charge in [0.2, 0.25) is 0 Å². The average molecular weight is 417 g/mol. The first kappa shape index (κ1) is 19.7. The smallest absolute Gasteiger partial charge is 0.462 e. The molecular formula is C21H15F4N3O2. The Balaban J connectivity index is 1.76. The van der Waals surface area contributed by atoms with Crippen molar-refractivity contribution in [2.24, 2.45) is 10.7 Å². The van der Waals surface area contributed by atoms with Crippen molar-refractivity contribution in [3.63, 3.8) is 0 Å². The Bertz CT molecular complexity index is 1100. The van der Waals surface area contributed by atoms with E-state index < -0.39 is 17.7 Å². The monoisotopic (exact) mass is 417 g/mol. The zero-order chi connectivity index (χ0) is 21.4. The summed E-state index contributed by atoms with van der Waals surface area (Å²) in [5, 5.41) is 0. The molecule has 1 aliphatic heterocycles. The van der Waals surface area contributed by atoms with Crippen molar-refractivity contribution in [1.82, 2.24) is 4.98 Å². The summed E-state index contributed by atoms with van der Waals surface area (Å²) in [6.07, 6.45) is -2.15. The van der Waals surface area contributed by atoms with Gasteiger partial charge in [-0.1, -0.05) is 30.3 Å². The molecule has 154 valence electrons. The topological polar surface area (TPSA) is 69.7 Å². The maximum absolute atomic E-state index is 13.6. The van der Waals surface area contributed by atoms with Crippen LogP contribution in [0.1, 0.15) is 11.1 Å². The first-order chi connectivity index (χ1) is 14.2. The zero-order valence-electron chi connectivity index (χ0n) is 15.4. The molecule has 5 nitrogen and oxygen atoms in total. The lowest BCUT2D eigenvalue weighted by Gasteiger charge is -2.26. The fraction of sp³-hybridized carbons (Fsp3) is 0.143. The van der Waals surface area contributed by atoms with Gasteiger partial charge in [0.15, 0.2) is 5.54 Å². The zero-order valence-corrected chi connectivity index (χ0v) is 15.4. The van der Waals surface area contributed by atoms with Crippen molar-refractivity contribution in [3.8, 4) is 16.9 Å². The molecule has 1 aromatic heterocycles. The fourth-order valence-electron chi connectivity index (χ4n) is 3.35. The van der Waals surface area contributed by atoms with E-state index in [1.807, 2.05) is 0 Å². The van der Waals surface area contributed by atoms with Gasteiger partial charge < -0.3 is 15.2 Å². The number of ether oxygens (including phenoxy) is 2. The molecule has 4 rings (SSSR count). The molecule has 2 heterocycles. The third kappa shape index (κ3) is 3.91. The van der Waals surface area contributed by atoms with Crippen LogP contribution in [0.2, 0.25) is 0 Å². The molecule has 30 heavy (non-hydrogen) atoms. The van der Waals surface area contributed by atoms with E-state index in [0.717, 1.165) is 6.20 Å². The number of benzene rings is 2. The van der Waals surface area contributed by atoms with Crippen LogP contribution in [-0.4, -0.2) is 24.0 Å². The number of alkyl halides is 3. The van der Waals surface area contributed by atoms with E-state index >= 15 is 0 Å². The summed E-state index contributed by atoms with van der Waals surface area (Å²) in [6.45, 7) is 0.0587. The van der Waals surface area contributed by atoms with E-state index in [2.05, 4.69) is 14.7 Å². The minimum Gasteiger partial charge on any atom is -0.462 e. The maximum Gasteiger partial charge on any atom is 0.573 e. The number of hydrogen-bond acceptors (Lipinski definition) is 5. The molecule has 0 radical (unpaired) electrons. The highest BCUT2D eigenvalue weighted by molar-refractivity contribution is 5.75. The highest BCUT2D eigenvalue weighted by Crippen LogP contribution is 2.39. The third-order valence-electron chi connectivity index (χ3n) is 4.67. The first-order valence-electron chi connectivity index (χ1n) is 8.81. The minimum atomic E-state index is -4.79. The van der Waals surface area contributed by atoms with Gasteiger partial charge in [-0.15, -0.1) is 13.2 Å². The van der Waals surface area contributed by atoms with Crippen molar-refractivity contribution < 1.29 is 27.0 Å². The van der Waals surface area contributed by atoms with Crippen molar-refractivity contribution >= 4 is 6.02 Å². The number of aromatic nitrogens is 1.